The smallest absolute Gasteiger partial charge is 0.332 e. The molecule has 3 unspecified atom stereocenters. The van der Waals surface area contributed by atoms with Gasteiger partial charge in [0.25, 0.3) is 0 Å². The monoisotopic (exact) mass is 226 g/mol. The molecule has 4 nitrogen and oxygen atoms in total. The van der Waals surface area contributed by atoms with E-state index in [9.17, 15) is 8.96 Å². The molecule has 0 N–H and O–H groups in total. The topological polar surface area (TPSA) is 48.1 Å². The lowest BCUT2D eigenvalue weighted by Gasteiger charge is -2.18. The van der Waals surface area contributed by atoms with Gasteiger partial charge in [0.2, 0.25) is 6.36 Å². The fourth-order valence-corrected chi connectivity index (χ4v) is 2.24. The molecule has 1 aliphatic rings. The second-order valence-corrected chi connectivity index (χ2v) is 5.37. The minimum Gasteiger partial charge on any atom is -0.373 e. The second-order valence-electron chi connectivity index (χ2n) is 3.05. The third kappa shape index (κ3) is 4.05. The first kappa shape index (κ1) is 12.1. The van der Waals surface area contributed by atoms with Crippen molar-refractivity contribution in [2.75, 3.05) is 19.4 Å². The molecule has 1 heterocycles. The summed E-state index contributed by atoms with van der Waals surface area (Å²) in [4.78, 5) is 0. The highest BCUT2D eigenvalue weighted by molar-refractivity contribution is 7.53. The van der Waals surface area contributed by atoms with Gasteiger partial charge >= 0.3 is 7.60 Å². The number of rotatable bonds is 7. The maximum atomic E-state index is 13.1. The van der Waals surface area contributed by atoms with Gasteiger partial charge in [0, 0.05) is 12.6 Å². The van der Waals surface area contributed by atoms with Crippen LogP contribution in [0.4, 0.5) is 4.39 Å². The molecule has 0 aromatic rings. The summed E-state index contributed by atoms with van der Waals surface area (Å²) in [6.07, 6.45) is -1.30. The highest BCUT2D eigenvalue weighted by atomic mass is 31.2. The maximum Gasteiger partial charge on any atom is 0.332 e. The Morgan fingerprint density at radius 2 is 2.29 bits per heavy atom. The largest absolute Gasteiger partial charge is 0.373 e. The van der Waals surface area contributed by atoms with E-state index in [2.05, 4.69) is 0 Å². The Morgan fingerprint density at radius 1 is 1.64 bits per heavy atom. The van der Waals surface area contributed by atoms with Crippen LogP contribution < -0.4 is 0 Å². The molecule has 0 radical (unpaired) electrons. The first-order chi connectivity index (χ1) is 6.59. The van der Waals surface area contributed by atoms with E-state index in [0.29, 0.717) is 6.61 Å². The van der Waals surface area contributed by atoms with Gasteiger partial charge in [-0.3, -0.25) is 9.09 Å². The molecule has 1 aliphatic heterocycles. The standard InChI is InChI=1S/C8H16FO4P/c1-3-12-14(10,4-2)13-8(9)5-7-6-11-7/h7-8H,3-6H2,1-2H3. The maximum absolute atomic E-state index is 13.1. The van der Waals surface area contributed by atoms with Crippen molar-refractivity contribution in [3.8, 4) is 0 Å². The molecule has 0 amide bonds. The van der Waals surface area contributed by atoms with Crippen LogP contribution in [-0.4, -0.2) is 31.8 Å². The normalized spacial score (nSPS) is 26.9. The Morgan fingerprint density at radius 3 is 2.71 bits per heavy atom. The Bertz CT molecular complexity index is 219. The molecule has 0 saturated carbocycles. The summed E-state index contributed by atoms with van der Waals surface area (Å²) in [6.45, 7) is 4.17. The zero-order valence-electron chi connectivity index (χ0n) is 8.44. The van der Waals surface area contributed by atoms with Gasteiger partial charge in [0.05, 0.1) is 19.3 Å². The van der Waals surface area contributed by atoms with Crippen molar-refractivity contribution in [3.05, 3.63) is 0 Å². The molecule has 1 rings (SSSR count). The molecular weight excluding hydrogens is 210 g/mol. The summed E-state index contributed by atoms with van der Waals surface area (Å²) in [7, 11) is -3.22. The summed E-state index contributed by atoms with van der Waals surface area (Å²) < 4.78 is 39.3. The van der Waals surface area contributed by atoms with E-state index in [-0.39, 0.29) is 25.3 Å². The van der Waals surface area contributed by atoms with Gasteiger partial charge in [-0.25, -0.2) is 4.39 Å². The lowest BCUT2D eigenvalue weighted by atomic mass is 10.3. The number of alkyl halides is 1. The van der Waals surface area contributed by atoms with Crippen molar-refractivity contribution in [3.63, 3.8) is 0 Å². The van der Waals surface area contributed by atoms with Crippen LogP contribution in [0.1, 0.15) is 20.3 Å². The number of ether oxygens (including phenoxy) is 1. The Kier molecular flexibility index (Phi) is 4.51. The van der Waals surface area contributed by atoms with E-state index in [0.717, 1.165) is 0 Å². The van der Waals surface area contributed by atoms with E-state index in [1.807, 2.05) is 0 Å². The second kappa shape index (κ2) is 5.21. The van der Waals surface area contributed by atoms with Gasteiger partial charge in [-0.15, -0.1) is 0 Å². The van der Waals surface area contributed by atoms with Crippen LogP contribution in [0.5, 0.6) is 0 Å². The quantitative estimate of drug-likeness (QED) is 0.493. The summed E-state index contributed by atoms with van der Waals surface area (Å²) in [5, 5.41) is 0. The number of hydrogen-bond donors (Lipinski definition) is 0. The van der Waals surface area contributed by atoms with Crippen molar-refractivity contribution in [2.24, 2.45) is 0 Å². The van der Waals surface area contributed by atoms with Crippen LogP contribution in [0.15, 0.2) is 0 Å². The molecule has 1 saturated heterocycles. The van der Waals surface area contributed by atoms with Gasteiger partial charge in [-0.2, -0.15) is 0 Å². The van der Waals surface area contributed by atoms with Crippen LogP contribution in [0.2, 0.25) is 0 Å². The van der Waals surface area contributed by atoms with Gasteiger partial charge < -0.3 is 9.26 Å². The molecule has 0 aliphatic carbocycles. The average molecular weight is 226 g/mol. The van der Waals surface area contributed by atoms with Crippen LogP contribution in [0.3, 0.4) is 0 Å². The lowest BCUT2D eigenvalue weighted by molar-refractivity contribution is 0.0350. The van der Waals surface area contributed by atoms with E-state index in [1.54, 1.807) is 13.8 Å². The molecule has 3 atom stereocenters. The van der Waals surface area contributed by atoms with Crippen molar-refractivity contribution in [2.45, 2.75) is 32.7 Å². The molecule has 0 aromatic carbocycles. The fraction of sp³-hybridized carbons (Fsp3) is 1.00. The van der Waals surface area contributed by atoms with Crippen LogP contribution >= 0.6 is 7.60 Å². The number of halogens is 1. The minimum absolute atomic E-state index is 0.0723. The van der Waals surface area contributed by atoms with Crippen LogP contribution in [0, 0.1) is 0 Å². The summed E-state index contributed by atoms with van der Waals surface area (Å²) in [5.41, 5.74) is 0. The van der Waals surface area contributed by atoms with E-state index in [4.69, 9.17) is 13.8 Å². The number of epoxide rings is 1. The molecular formula is C8H16FO4P. The SMILES string of the molecule is CCOP(=O)(CC)OC(F)CC1CO1. The van der Waals surface area contributed by atoms with Crippen molar-refractivity contribution >= 4 is 7.60 Å². The Hall–Kier alpha value is 0.0400. The highest BCUT2D eigenvalue weighted by Gasteiger charge is 2.32. The summed E-state index contributed by atoms with van der Waals surface area (Å²) in [5.74, 6) is 0. The van der Waals surface area contributed by atoms with E-state index >= 15 is 0 Å². The molecule has 84 valence electrons. The zero-order chi connectivity index (χ0) is 10.6. The highest BCUT2D eigenvalue weighted by Crippen LogP contribution is 2.49. The van der Waals surface area contributed by atoms with Gasteiger partial charge in [0.15, 0.2) is 0 Å². The van der Waals surface area contributed by atoms with Crippen LogP contribution in [0.25, 0.3) is 0 Å². The molecule has 0 spiro atoms. The molecule has 0 aromatic heterocycles. The van der Waals surface area contributed by atoms with Gasteiger partial charge in [-0.1, -0.05) is 6.92 Å². The predicted molar refractivity (Wildman–Crippen MR) is 50.1 cm³/mol. The Labute approximate surface area is 83.3 Å². The average Bonchev–Trinajstić information content (AvgIpc) is 2.88. The fourth-order valence-electron chi connectivity index (χ4n) is 1.02. The van der Waals surface area contributed by atoms with Crippen molar-refractivity contribution in [1.29, 1.82) is 0 Å². The third-order valence-corrected chi connectivity index (χ3v) is 3.81. The zero-order valence-corrected chi connectivity index (χ0v) is 9.34. The lowest BCUT2D eigenvalue weighted by Crippen LogP contribution is -2.10. The van der Waals surface area contributed by atoms with E-state index in [1.165, 1.54) is 0 Å². The first-order valence-electron chi connectivity index (χ1n) is 4.77. The summed E-state index contributed by atoms with van der Waals surface area (Å²) >= 11 is 0. The molecule has 0 bridgehead atoms. The van der Waals surface area contributed by atoms with Crippen LogP contribution in [-0.2, 0) is 18.3 Å². The van der Waals surface area contributed by atoms with Crippen molar-refractivity contribution in [1.82, 2.24) is 0 Å². The summed E-state index contributed by atoms with van der Waals surface area (Å²) in [6, 6.07) is 0. The third-order valence-electron chi connectivity index (χ3n) is 1.84. The van der Waals surface area contributed by atoms with E-state index < -0.39 is 14.0 Å². The molecule has 14 heavy (non-hydrogen) atoms. The van der Waals surface area contributed by atoms with Crippen molar-refractivity contribution < 1.29 is 22.7 Å². The molecule has 1 fully saturated rings. The van der Waals surface area contributed by atoms with Gasteiger partial charge in [-0.05, 0) is 6.92 Å². The Balaban J connectivity index is 2.33. The van der Waals surface area contributed by atoms with Gasteiger partial charge in [0.1, 0.15) is 0 Å². The number of hydrogen-bond acceptors (Lipinski definition) is 4. The minimum atomic E-state index is -3.22. The molecule has 6 heteroatoms. The predicted octanol–water partition coefficient (Wildman–Crippen LogP) is 2.34. The first-order valence-corrected chi connectivity index (χ1v) is 6.50.